The molecule has 0 saturated heterocycles. The molecule has 0 atom stereocenters. The molecule has 2 rings (SSSR count). The molecule has 7 nitrogen and oxygen atoms in total. The molecule has 0 bridgehead atoms. The van der Waals surface area contributed by atoms with Crippen LogP contribution < -0.4 is 9.88 Å². The van der Waals surface area contributed by atoms with E-state index in [2.05, 4.69) is 6.92 Å². The molecule has 0 heterocycles. The maximum atomic E-state index is 12.2. The summed E-state index contributed by atoms with van der Waals surface area (Å²) in [4.78, 5) is 13.0. The van der Waals surface area contributed by atoms with Crippen LogP contribution in [0.15, 0.2) is 64.4 Å². The van der Waals surface area contributed by atoms with Gasteiger partial charge in [0.15, 0.2) is 5.76 Å². The SMILES string of the molecule is CCCCN(C)C1=C(Oc2ccccc2)C(S(N)(=O)=O)=CC(C(=O)O)=CC1. The van der Waals surface area contributed by atoms with Crippen LogP contribution in [0, 0.1) is 0 Å². The molecule has 0 aromatic heterocycles. The number of primary sulfonamides is 1. The summed E-state index contributed by atoms with van der Waals surface area (Å²) < 4.78 is 30.4. The molecule has 0 spiro atoms. The highest BCUT2D eigenvalue weighted by molar-refractivity contribution is 7.93. The van der Waals surface area contributed by atoms with Crippen molar-refractivity contribution in [2.45, 2.75) is 26.2 Å². The molecule has 0 radical (unpaired) electrons. The third-order valence-electron chi connectivity index (χ3n) is 4.11. The minimum absolute atomic E-state index is 0.0507. The van der Waals surface area contributed by atoms with Crippen LogP contribution in [0.5, 0.6) is 5.75 Å². The number of para-hydroxylation sites is 1. The van der Waals surface area contributed by atoms with Crippen molar-refractivity contribution in [3.05, 3.63) is 64.4 Å². The van der Waals surface area contributed by atoms with Gasteiger partial charge in [0.05, 0.1) is 11.3 Å². The number of carboxylic acid groups (broad SMARTS) is 1. The standard InChI is InChI=1S/C19H24N2O5S/c1-3-4-12-21(2)16-11-10-14(19(22)23)13-17(27(20,24)25)18(16)26-15-8-6-5-7-9-15/h5-10,13H,3-4,11-12H2,1-2H3,(H,22,23)(H2,20,24,25). The summed E-state index contributed by atoms with van der Waals surface area (Å²) in [7, 11) is -2.41. The van der Waals surface area contributed by atoms with Crippen LogP contribution in [0.4, 0.5) is 0 Å². The number of unbranched alkanes of at least 4 members (excludes halogenated alkanes) is 1. The van der Waals surface area contributed by atoms with E-state index in [0.717, 1.165) is 18.9 Å². The largest absolute Gasteiger partial charge is 0.478 e. The Hall–Kier alpha value is -2.58. The van der Waals surface area contributed by atoms with E-state index >= 15 is 0 Å². The number of hydrogen-bond donors (Lipinski definition) is 2. The zero-order valence-corrected chi connectivity index (χ0v) is 16.2. The molecule has 1 aromatic rings. The number of aliphatic carboxylic acids is 1. The van der Waals surface area contributed by atoms with Gasteiger partial charge in [0.25, 0.3) is 0 Å². The summed E-state index contributed by atoms with van der Waals surface area (Å²) in [5.41, 5.74) is 0.413. The fourth-order valence-electron chi connectivity index (χ4n) is 2.64. The molecule has 27 heavy (non-hydrogen) atoms. The number of benzene rings is 1. The maximum absolute atomic E-state index is 12.2. The summed E-state index contributed by atoms with van der Waals surface area (Å²) in [6.45, 7) is 2.72. The summed E-state index contributed by atoms with van der Waals surface area (Å²) >= 11 is 0. The summed E-state index contributed by atoms with van der Waals surface area (Å²) in [6, 6.07) is 8.70. The molecular weight excluding hydrogens is 368 g/mol. The average molecular weight is 392 g/mol. The zero-order chi connectivity index (χ0) is 20.0. The third kappa shape index (κ3) is 5.45. The highest BCUT2D eigenvalue weighted by atomic mass is 32.2. The first-order chi connectivity index (χ1) is 12.7. The van der Waals surface area contributed by atoms with E-state index < -0.39 is 16.0 Å². The molecular formula is C19H24N2O5S. The smallest absolute Gasteiger partial charge is 0.335 e. The van der Waals surface area contributed by atoms with Crippen LogP contribution in [0.3, 0.4) is 0 Å². The second kappa shape index (κ2) is 8.88. The van der Waals surface area contributed by atoms with Crippen molar-refractivity contribution in [3.8, 4) is 5.75 Å². The first-order valence-corrected chi connectivity index (χ1v) is 10.1. The van der Waals surface area contributed by atoms with Gasteiger partial charge in [-0.15, -0.1) is 0 Å². The van der Waals surface area contributed by atoms with Crippen molar-refractivity contribution < 1.29 is 23.1 Å². The lowest BCUT2D eigenvalue weighted by Gasteiger charge is -2.25. The first kappa shape index (κ1) is 20.7. The molecule has 0 saturated carbocycles. The molecule has 0 fully saturated rings. The molecule has 1 aliphatic carbocycles. The maximum Gasteiger partial charge on any atom is 0.335 e. The highest BCUT2D eigenvalue weighted by Crippen LogP contribution is 2.31. The van der Waals surface area contributed by atoms with Crippen LogP contribution in [-0.2, 0) is 14.8 Å². The summed E-state index contributed by atoms with van der Waals surface area (Å²) in [6.07, 6.45) is 4.58. The van der Waals surface area contributed by atoms with Crippen LogP contribution in [0.2, 0.25) is 0 Å². The van der Waals surface area contributed by atoms with Crippen molar-refractivity contribution in [3.63, 3.8) is 0 Å². The highest BCUT2D eigenvalue weighted by Gasteiger charge is 2.28. The summed E-state index contributed by atoms with van der Waals surface area (Å²) in [5, 5.41) is 14.8. The normalized spacial score (nSPS) is 14.9. The van der Waals surface area contributed by atoms with Crippen LogP contribution in [-0.4, -0.2) is 38.0 Å². The van der Waals surface area contributed by atoms with Crippen molar-refractivity contribution >= 4 is 16.0 Å². The van der Waals surface area contributed by atoms with Gasteiger partial charge in [-0.1, -0.05) is 37.6 Å². The Morgan fingerprint density at radius 3 is 2.52 bits per heavy atom. The second-order valence-electron chi connectivity index (χ2n) is 6.19. The predicted molar refractivity (Wildman–Crippen MR) is 103 cm³/mol. The Morgan fingerprint density at radius 2 is 1.96 bits per heavy atom. The van der Waals surface area contributed by atoms with Crippen LogP contribution in [0.1, 0.15) is 26.2 Å². The lowest BCUT2D eigenvalue weighted by molar-refractivity contribution is -0.132. The van der Waals surface area contributed by atoms with Crippen molar-refractivity contribution in [2.75, 3.05) is 13.6 Å². The van der Waals surface area contributed by atoms with Crippen LogP contribution in [0.25, 0.3) is 0 Å². The van der Waals surface area contributed by atoms with E-state index in [-0.39, 0.29) is 22.7 Å². The second-order valence-corrected chi connectivity index (χ2v) is 7.72. The van der Waals surface area contributed by atoms with Crippen molar-refractivity contribution in [1.82, 2.24) is 4.90 Å². The van der Waals surface area contributed by atoms with E-state index in [1.54, 1.807) is 24.3 Å². The minimum atomic E-state index is -4.22. The quantitative estimate of drug-likeness (QED) is 0.704. The third-order valence-corrected chi connectivity index (χ3v) is 5.03. The van der Waals surface area contributed by atoms with Gasteiger partial charge in [0, 0.05) is 20.0 Å². The van der Waals surface area contributed by atoms with Gasteiger partial charge in [0.2, 0.25) is 10.0 Å². The number of allylic oxidation sites excluding steroid dienone is 1. The predicted octanol–water partition coefficient (Wildman–Crippen LogP) is 2.60. The number of sulfonamides is 1. The van der Waals surface area contributed by atoms with Gasteiger partial charge in [0.1, 0.15) is 10.7 Å². The van der Waals surface area contributed by atoms with Gasteiger partial charge in [-0.2, -0.15) is 0 Å². The monoisotopic (exact) mass is 392 g/mol. The number of nitrogens with zero attached hydrogens (tertiary/aromatic N) is 1. The number of rotatable bonds is 8. The lowest BCUT2D eigenvalue weighted by Crippen LogP contribution is -2.25. The molecule has 0 amide bonds. The van der Waals surface area contributed by atoms with Gasteiger partial charge >= 0.3 is 5.97 Å². The summed E-state index contributed by atoms with van der Waals surface area (Å²) in [5.74, 6) is -0.746. The molecule has 1 aliphatic rings. The fraction of sp³-hybridized carbons (Fsp3) is 0.316. The molecule has 0 aliphatic heterocycles. The minimum Gasteiger partial charge on any atom is -0.478 e. The van der Waals surface area contributed by atoms with Crippen molar-refractivity contribution in [1.29, 1.82) is 0 Å². The Labute approximate surface area is 159 Å². The van der Waals surface area contributed by atoms with E-state index in [1.807, 2.05) is 18.0 Å². The number of hydrogen-bond acceptors (Lipinski definition) is 5. The Morgan fingerprint density at radius 1 is 1.30 bits per heavy atom. The molecule has 3 N–H and O–H groups in total. The molecule has 1 aromatic carbocycles. The van der Waals surface area contributed by atoms with E-state index in [4.69, 9.17) is 9.88 Å². The number of carbonyl (C=O) groups is 1. The van der Waals surface area contributed by atoms with Gasteiger partial charge in [-0.25, -0.2) is 18.4 Å². The Bertz CT molecular complexity index is 886. The number of nitrogens with two attached hydrogens (primary N) is 1. The van der Waals surface area contributed by atoms with Gasteiger partial charge in [-0.05, 0) is 24.6 Å². The topological polar surface area (TPSA) is 110 Å². The molecule has 8 heteroatoms. The van der Waals surface area contributed by atoms with Crippen molar-refractivity contribution in [2.24, 2.45) is 5.14 Å². The molecule has 0 unspecified atom stereocenters. The first-order valence-electron chi connectivity index (χ1n) is 8.59. The zero-order valence-electron chi connectivity index (χ0n) is 15.4. The number of ether oxygens (including phenoxy) is 1. The Balaban J connectivity index is 2.63. The average Bonchev–Trinajstić information content (AvgIpc) is 2.80. The van der Waals surface area contributed by atoms with E-state index in [1.165, 1.54) is 6.08 Å². The van der Waals surface area contributed by atoms with E-state index in [9.17, 15) is 18.3 Å². The fourth-order valence-corrected chi connectivity index (χ4v) is 3.35. The lowest BCUT2D eigenvalue weighted by atomic mass is 10.2. The van der Waals surface area contributed by atoms with Gasteiger partial charge in [-0.3, -0.25) is 0 Å². The Kier molecular flexibility index (Phi) is 6.81. The number of carboxylic acids is 1. The van der Waals surface area contributed by atoms with E-state index in [0.29, 0.717) is 18.0 Å². The van der Waals surface area contributed by atoms with Gasteiger partial charge < -0.3 is 14.7 Å². The molecule has 146 valence electrons. The van der Waals surface area contributed by atoms with Crippen LogP contribution >= 0.6 is 0 Å².